The number of hydrogen-bond acceptors (Lipinski definition) is 5. The van der Waals surface area contributed by atoms with E-state index in [1.165, 1.54) is 24.3 Å². The Morgan fingerprint density at radius 3 is 1.72 bits per heavy atom. The van der Waals surface area contributed by atoms with Crippen LogP contribution in [0.5, 0.6) is 11.5 Å². The van der Waals surface area contributed by atoms with Crippen LogP contribution in [0.15, 0.2) is 36.4 Å². The summed E-state index contributed by atoms with van der Waals surface area (Å²) in [6.45, 7) is 0.513. The fraction of sp³-hybridized carbons (Fsp3) is 0.455. The van der Waals surface area contributed by atoms with Gasteiger partial charge in [0, 0.05) is 13.1 Å². The van der Waals surface area contributed by atoms with Crippen LogP contribution in [0.3, 0.4) is 0 Å². The first-order valence-electron chi connectivity index (χ1n) is 9.96. The van der Waals surface area contributed by atoms with Crippen LogP contribution in [0, 0.1) is 11.6 Å². The van der Waals surface area contributed by atoms with Crippen molar-refractivity contribution in [1.29, 1.82) is 0 Å². The summed E-state index contributed by atoms with van der Waals surface area (Å²) < 4.78 is 38.2. The summed E-state index contributed by atoms with van der Waals surface area (Å²) in [4.78, 5) is 0. The van der Waals surface area contributed by atoms with Crippen LogP contribution in [-0.4, -0.2) is 47.7 Å². The number of ether oxygens (including phenoxy) is 2. The number of aliphatic hydroxyl groups excluding tert-OH is 2. The number of aliphatic hydroxyl groups is 2. The van der Waals surface area contributed by atoms with E-state index in [0.29, 0.717) is 37.2 Å². The van der Waals surface area contributed by atoms with E-state index < -0.39 is 12.2 Å². The topological polar surface area (TPSA) is 71.0 Å². The van der Waals surface area contributed by atoms with Gasteiger partial charge in [0.2, 0.25) is 0 Å². The van der Waals surface area contributed by atoms with E-state index >= 15 is 0 Å². The van der Waals surface area contributed by atoms with E-state index in [2.05, 4.69) is 5.32 Å². The van der Waals surface area contributed by atoms with Gasteiger partial charge in [0.1, 0.15) is 47.5 Å². The van der Waals surface area contributed by atoms with Gasteiger partial charge in [-0.15, -0.1) is 0 Å². The lowest BCUT2D eigenvalue weighted by Gasteiger charge is -2.31. The van der Waals surface area contributed by atoms with Crippen molar-refractivity contribution in [2.24, 2.45) is 0 Å². The molecule has 0 spiro atoms. The third-order valence-electron chi connectivity index (χ3n) is 5.56. The second-order valence-corrected chi connectivity index (χ2v) is 7.69. The number of hydrogen-bond donors (Lipinski definition) is 3. The van der Waals surface area contributed by atoms with Gasteiger partial charge < -0.3 is 25.0 Å². The maximum absolute atomic E-state index is 13.3. The van der Waals surface area contributed by atoms with Gasteiger partial charge in [0.15, 0.2) is 0 Å². The fourth-order valence-corrected chi connectivity index (χ4v) is 3.94. The molecule has 0 saturated heterocycles. The molecule has 0 bridgehead atoms. The molecule has 0 saturated carbocycles. The molecule has 0 radical (unpaired) electrons. The minimum absolute atomic E-state index is 0.257. The predicted octanol–water partition coefficient (Wildman–Crippen LogP) is 2.36. The summed E-state index contributed by atoms with van der Waals surface area (Å²) in [5.74, 6) is 0.624. The van der Waals surface area contributed by atoms with E-state index in [1.807, 2.05) is 0 Å². The van der Waals surface area contributed by atoms with Crippen LogP contribution in [0.25, 0.3) is 0 Å². The van der Waals surface area contributed by atoms with Crippen molar-refractivity contribution in [2.45, 2.75) is 50.1 Å². The zero-order chi connectivity index (χ0) is 20.4. The second-order valence-electron chi connectivity index (χ2n) is 7.69. The van der Waals surface area contributed by atoms with Crippen molar-refractivity contribution in [3.8, 4) is 11.5 Å². The Bertz CT molecular complexity index is 793. The molecule has 2 aliphatic heterocycles. The summed E-state index contributed by atoms with van der Waals surface area (Å²) in [6, 6.07) is 8.79. The average Bonchev–Trinajstić information content (AvgIpc) is 2.72. The normalized spacial score (nSPS) is 22.6. The summed E-state index contributed by atoms with van der Waals surface area (Å²) in [5, 5.41) is 23.9. The zero-order valence-electron chi connectivity index (χ0n) is 16.0. The molecule has 4 atom stereocenters. The van der Waals surface area contributed by atoms with E-state index in [1.54, 1.807) is 12.1 Å². The molecule has 2 aromatic rings. The third kappa shape index (κ3) is 4.69. The molecule has 0 aromatic heterocycles. The highest BCUT2D eigenvalue weighted by Crippen LogP contribution is 2.30. The molecule has 3 N–H and O–H groups in total. The van der Waals surface area contributed by atoms with Crippen molar-refractivity contribution in [3.63, 3.8) is 0 Å². The van der Waals surface area contributed by atoms with Crippen LogP contribution in [0.2, 0.25) is 0 Å². The quantitative estimate of drug-likeness (QED) is 0.688. The molecule has 0 aliphatic carbocycles. The minimum atomic E-state index is -0.753. The second kappa shape index (κ2) is 8.65. The predicted molar refractivity (Wildman–Crippen MR) is 103 cm³/mol. The lowest BCUT2D eigenvalue weighted by molar-refractivity contribution is 0.00892. The van der Waals surface area contributed by atoms with Crippen molar-refractivity contribution in [2.75, 3.05) is 13.1 Å². The third-order valence-corrected chi connectivity index (χ3v) is 5.56. The van der Waals surface area contributed by atoms with E-state index in [0.717, 1.165) is 11.1 Å². The van der Waals surface area contributed by atoms with Gasteiger partial charge in [0.25, 0.3) is 0 Å². The first kappa shape index (κ1) is 20.1. The number of rotatable bonds is 6. The zero-order valence-corrected chi connectivity index (χ0v) is 16.0. The highest BCUT2D eigenvalue weighted by molar-refractivity contribution is 5.36. The Morgan fingerprint density at radius 1 is 0.828 bits per heavy atom. The molecule has 5 nitrogen and oxygen atoms in total. The van der Waals surface area contributed by atoms with Crippen LogP contribution in [0.4, 0.5) is 8.78 Å². The Labute approximate surface area is 168 Å². The van der Waals surface area contributed by atoms with Crippen LogP contribution < -0.4 is 14.8 Å². The SMILES string of the molecule is OC(CNC[C@H](O)[C@@H]1CCc2cc(F)ccc2O1)[C@H]1CCc2cc(F)ccc2O1. The number of fused-ring (bicyclic) bond motifs is 2. The van der Waals surface area contributed by atoms with Gasteiger partial charge in [0.05, 0.1) is 0 Å². The van der Waals surface area contributed by atoms with E-state index in [4.69, 9.17) is 9.47 Å². The molecule has 1 unspecified atom stereocenters. The van der Waals surface area contributed by atoms with E-state index in [9.17, 15) is 19.0 Å². The standard InChI is InChI=1S/C22H25F2NO4/c23-15-3-7-19-13(9-15)1-5-21(28-19)17(26)11-25-12-18(27)22-6-2-14-10-16(24)4-8-20(14)29-22/h3-4,7-10,17-18,21-22,25-27H,1-2,5-6,11-12H2/t17-,18?,21-,22+/m0/s1. The van der Waals surface area contributed by atoms with Crippen molar-refractivity contribution in [1.82, 2.24) is 5.32 Å². The molecule has 0 amide bonds. The lowest BCUT2D eigenvalue weighted by atomic mass is 9.98. The maximum Gasteiger partial charge on any atom is 0.126 e. The Balaban J connectivity index is 1.24. The Morgan fingerprint density at radius 2 is 1.28 bits per heavy atom. The monoisotopic (exact) mass is 405 g/mol. The first-order valence-corrected chi connectivity index (χ1v) is 9.96. The Hall–Kier alpha value is -2.22. The molecule has 2 aliphatic rings. The number of nitrogens with one attached hydrogen (secondary N) is 1. The summed E-state index contributed by atoms with van der Waals surface area (Å²) in [5.41, 5.74) is 1.62. The molecule has 156 valence electrons. The van der Waals surface area contributed by atoms with Gasteiger partial charge in [-0.3, -0.25) is 0 Å². The highest BCUT2D eigenvalue weighted by atomic mass is 19.1. The molecule has 7 heteroatoms. The van der Waals surface area contributed by atoms with Gasteiger partial charge in [-0.05, 0) is 73.2 Å². The summed E-state index contributed by atoms with van der Waals surface area (Å²) >= 11 is 0. The van der Waals surface area contributed by atoms with Gasteiger partial charge in [-0.2, -0.15) is 0 Å². The average molecular weight is 405 g/mol. The summed E-state index contributed by atoms with van der Waals surface area (Å²) in [6.07, 6.45) is 0.214. The van der Waals surface area contributed by atoms with Crippen LogP contribution in [-0.2, 0) is 12.8 Å². The number of benzene rings is 2. The van der Waals surface area contributed by atoms with Crippen molar-refractivity contribution < 1.29 is 28.5 Å². The lowest BCUT2D eigenvalue weighted by Crippen LogP contribution is -2.46. The minimum Gasteiger partial charge on any atom is -0.487 e. The molecule has 0 fully saturated rings. The molecule has 29 heavy (non-hydrogen) atoms. The molecule has 4 rings (SSSR count). The van der Waals surface area contributed by atoms with Crippen molar-refractivity contribution in [3.05, 3.63) is 59.2 Å². The number of halogens is 2. The van der Waals surface area contributed by atoms with Crippen LogP contribution >= 0.6 is 0 Å². The summed E-state index contributed by atoms with van der Waals surface area (Å²) in [7, 11) is 0. The Kier molecular flexibility index (Phi) is 5.99. The van der Waals surface area contributed by atoms with Gasteiger partial charge >= 0.3 is 0 Å². The van der Waals surface area contributed by atoms with Crippen LogP contribution in [0.1, 0.15) is 24.0 Å². The maximum atomic E-state index is 13.3. The molecular weight excluding hydrogens is 380 g/mol. The fourth-order valence-electron chi connectivity index (χ4n) is 3.94. The van der Waals surface area contributed by atoms with Gasteiger partial charge in [-0.25, -0.2) is 8.78 Å². The molecule has 2 aromatic carbocycles. The van der Waals surface area contributed by atoms with Crippen molar-refractivity contribution >= 4 is 0 Å². The largest absolute Gasteiger partial charge is 0.487 e. The molecular formula is C22H25F2NO4. The highest BCUT2D eigenvalue weighted by Gasteiger charge is 2.29. The van der Waals surface area contributed by atoms with E-state index in [-0.39, 0.29) is 36.9 Å². The number of aryl methyl sites for hydroxylation is 2. The smallest absolute Gasteiger partial charge is 0.126 e. The molecule has 2 heterocycles. The van der Waals surface area contributed by atoms with Gasteiger partial charge in [-0.1, -0.05) is 0 Å². The first-order chi connectivity index (χ1) is 14.0.